The SMILES string of the molecule is COc1cccc(C=NNC(=O)C2CCN(Cc3ccc(Br)cc3)CC2)c1O. The van der Waals surface area contributed by atoms with Crippen LogP contribution in [0.3, 0.4) is 0 Å². The molecular formula is C21H24BrN3O3. The van der Waals surface area contributed by atoms with Gasteiger partial charge in [0.05, 0.1) is 13.3 Å². The zero-order chi connectivity index (χ0) is 19.9. The largest absolute Gasteiger partial charge is 0.504 e. The van der Waals surface area contributed by atoms with E-state index >= 15 is 0 Å². The molecule has 28 heavy (non-hydrogen) atoms. The Morgan fingerprint density at radius 1 is 1.29 bits per heavy atom. The lowest BCUT2D eigenvalue weighted by molar-refractivity contribution is -0.126. The second-order valence-corrected chi connectivity index (χ2v) is 7.72. The summed E-state index contributed by atoms with van der Waals surface area (Å²) in [5.41, 5.74) is 4.35. The fraction of sp³-hybridized carbons (Fsp3) is 0.333. The monoisotopic (exact) mass is 445 g/mol. The third-order valence-electron chi connectivity index (χ3n) is 4.91. The van der Waals surface area contributed by atoms with Gasteiger partial charge in [0.25, 0.3) is 0 Å². The van der Waals surface area contributed by atoms with Crippen molar-refractivity contribution < 1.29 is 14.6 Å². The topological polar surface area (TPSA) is 74.2 Å². The molecular weight excluding hydrogens is 422 g/mol. The number of nitrogens with zero attached hydrogens (tertiary/aromatic N) is 2. The summed E-state index contributed by atoms with van der Waals surface area (Å²) in [5, 5.41) is 14.0. The molecule has 2 aromatic carbocycles. The molecule has 1 saturated heterocycles. The lowest BCUT2D eigenvalue weighted by atomic mass is 9.96. The van der Waals surface area contributed by atoms with Crippen LogP contribution in [0.15, 0.2) is 52.0 Å². The van der Waals surface area contributed by atoms with Crippen LogP contribution in [0.5, 0.6) is 11.5 Å². The van der Waals surface area contributed by atoms with E-state index in [-0.39, 0.29) is 17.6 Å². The highest BCUT2D eigenvalue weighted by Gasteiger charge is 2.24. The minimum absolute atomic E-state index is 0.00393. The molecule has 1 aliphatic rings. The molecule has 0 unspecified atom stereocenters. The molecule has 148 valence electrons. The first-order valence-electron chi connectivity index (χ1n) is 9.22. The maximum Gasteiger partial charge on any atom is 0.243 e. The second kappa shape index (κ2) is 9.71. The number of hydrogen-bond acceptors (Lipinski definition) is 5. The van der Waals surface area contributed by atoms with Crippen molar-refractivity contribution in [1.82, 2.24) is 10.3 Å². The predicted molar refractivity (Wildman–Crippen MR) is 113 cm³/mol. The smallest absolute Gasteiger partial charge is 0.243 e. The number of hydrogen-bond donors (Lipinski definition) is 2. The van der Waals surface area contributed by atoms with Gasteiger partial charge in [-0.3, -0.25) is 9.69 Å². The molecule has 1 fully saturated rings. The van der Waals surface area contributed by atoms with Gasteiger partial charge < -0.3 is 9.84 Å². The van der Waals surface area contributed by atoms with E-state index in [1.54, 1.807) is 18.2 Å². The van der Waals surface area contributed by atoms with Crippen LogP contribution in [-0.2, 0) is 11.3 Å². The molecule has 0 saturated carbocycles. The Kier molecular flexibility index (Phi) is 7.06. The number of benzene rings is 2. The average molecular weight is 446 g/mol. The van der Waals surface area contributed by atoms with Crippen LogP contribution in [0.25, 0.3) is 0 Å². The standard InChI is InChI=1S/C21H24BrN3O3/c1-28-19-4-2-3-17(20(19)26)13-23-24-21(27)16-9-11-25(12-10-16)14-15-5-7-18(22)8-6-15/h2-8,13,16,26H,9-12,14H2,1H3,(H,24,27). The van der Waals surface area contributed by atoms with E-state index in [1.807, 2.05) is 12.1 Å². The van der Waals surface area contributed by atoms with Crippen LogP contribution in [0.1, 0.15) is 24.0 Å². The Morgan fingerprint density at radius 3 is 2.68 bits per heavy atom. The van der Waals surface area contributed by atoms with Gasteiger partial charge in [0.15, 0.2) is 11.5 Å². The number of para-hydroxylation sites is 1. The van der Waals surface area contributed by atoms with Crippen LogP contribution in [0.2, 0.25) is 0 Å². The molecule has 0 atom stereocenters. The van der Waals surface area contributed by atoms with Crippen molar-refractivity contribution in [3.63, 3.8) is 0 Å². The Morgan fingerprint density at radius 2 is 2.00 bits per heavy atom. The Balaban J connectivity index is 1.47. The molecule has 2 N–H and O–H groups in total. The number of amides is 1. The van der Waals surface area contributed by atoms with Crippen molar-refractivity contribution in [3.8, 4) is 11.5 Å². The number of carbonyl (C=O) groups is 1. The summed E-state index contributed by atoms with van der Waals surface area (Å²) >= 11 is 3.45. The van der Waals surface area contributed by atoms with E-state index in [4.69, 9.17) is 4.74 Å². The van der Waals surface area contributed by atoms with Crippen molar-refractivity contribution >= 4 is 28.1 Å². The number of nitrogens with one attached hydrogen (secondary N) is 1. The van der Waals surface area contributed by atoms with Crippen LogP contribution in [0, 0.1) is 5.92 Å². The van der Waals surface area contributed by atoms with Gasteiger partial charge in [-0.25, -0.2) is 5.43 Å². The van der Waals surface area contributed by atoms with Gasteiger partial charge in [0.2, 0.25) is 5.91 Å². The number of likely N-dealkylation sites (tertiary alicyclic amines) is 1. The molecule has 6 nitrogen and oxygen atoms in total. The highest BCUT2D eigenvalue weighted by molar-refractivity contribution is 9.10. The van der Waals surface area contributed by atoms with Crippen molar-refractivity contribution in [2.24, 2.45) is 11.0 Å². The summed E-state index contributed by atoms with van der Waals surface area (Å²) in [6.07, 6.45) is 3.04. The highest BCUT2D eigenvalue weighted by atomic mass is 79.9. The summed E-state index contributed by atoms with van der Waals surface area (Å²) in [7, 11) is 1.49. The van der Waals surface area contributed by atoms with Gasteiger partial charge in [-0.1, -0.05) is 34.1 Å². The van der Waals surface area contributed by atoms with Crippen molar-refractivity contribution in [1.29, 1.82) is 0 Å². The number of halogens is 1. The molecule has 1 aliphatic heterocycles. The Bertz CT molecular complexity index is 831. The van der Waals surface area contributed by atoms with Crippen LogP contribution >= 0.6 is 15.9 Å². The van der Waals surface area contributed by atoms with E-state index in [2.05, 4.69) is 43.5 Å². The van der Waals surface area contributed by atoms with Gasteiger partial charge in [0.1, 0.15) is 0 Å². The predicted octanol–water partition coefficient (Wildman–Crippen LogP) is 3.53. The number of hydrazone groups is 1. The zero-order valence-corrected chi connectivity index (χ0v) is 17.4. The minimum atomic E-state index is -0.0815. The van der Waals surface area contributed by atoms with Gasteiger partial charge in [0, 0.05) is 22.5 Å². The lowest BCUT2D eigenvalue weighted by Crippen LogP contribution is -2.39. The van der Waals surface area contributed by atoms with Crippen molar-refractivity contribution in [3.05, 3.63) is 58.1 Å². The summed E-state index contributed by atoms with van der Waals surface area (Å²) in [6.45, 7) is 2.66. The lowest BCUT2D eigenvalue weighted by Gasteiger charge is -2.30. The molecule has 1 heterocycles. The summed E-state index contributed by atoms with van der Waals surface area (Å²) in [5.74, 6) is 0.247. The number of phenolic OH excluding ortho intramolecular Hbond substituents is 1. The number of piperidine rings is 1. The first-order chi connectivity index (χ1) is 13.6. The molecule has 0 bridgehead atoms. The van der Waals surface area contributed by atoms with Crippen LogP contribution in [0.4, 0.5) is 0 Å². The third-order valence-corrected chi connectivity index (χ3v) is 5.43. The van der Waals surface area contributed by atoms with Crippen LogP contribution in [-0.4, -0.2) is 42.3 Å². The molecule has 0 spiro atoms. The molecule has 0 radical (unpaired) electrons. The first-order valence-corrected chi connectivity index (χ1v) is 10.0. The molecule has 0 aromatic heterocycles. The molecule has 1 amide bonds. The number of aromatic hydroxyl groups is 1. The minimum Gasteiger partial charge on any atom is -0.504 e. The fourth-order valence-electron chi connectivity index (χ4n) is 3.27. The summed E-state index contributed by atoms with van der Waals surface area (Å²) in [4.78, 5) is 14.7. The number of ether oxygens (including phenoxy) is 1. The first kappa shape index (κ1) is 20.4. The molecule has 0 aliphatic carbocycles. The quantitative estimate of drug-likeness (QED) is 0.526. The van der Waals surface area contributed by atoms with E-state index in [0.717, 1.165) is 36.9 Å². The average Bonchev–Trinajstić information content (AvgIpc) is 2.71. The van der Waals surface area contributed by atoms with Gasteiger partial charge in [-0.15, -0.1) is 0 Å². The highest BCUT2D eigenvalue weighted by Crippen LogP contribution is 2.28. The number of methoxy groups -OCH3 is 1. The van der Waals surface area contributed by atoms with Gasteiger partial charge >= 0.3 is 0 Å². The van der Waals surface area contributed by atoms with E-state index in [1.165, 1.54) is 18.9 Å². The Labute approximate surface area is 173 Å². The maximum atomic E-state index is 12.4. The molecule has 3 rings (SSSR count). The fourth-order valence-corrected chi connectivity index (χ4v) is 3.53. The number of rotatable bonds is 6. The zero-order valence-electron chi connectivity index (χ0n) is 15.8. The Hall–Kier alpha value is -2.38. The van der Waals surface area contributed by atoms with E-state index in [9.17, 15) is 9.90 Å². The van der Waals surface area contributed by atoms with Crippen molar-refractivity contribution in [2.45, 2.75) is 19.4 Å². The second-order valence-electron chi connectivity index (χ2n) is 6.81. The van der Waals surface area contributed by atoms with Crippen LogP contribution < -0.4 is 10.2 Å². The number of carbonyl (C=O) groups excluding carboxylic acids is 1. The van der Waals surface area contributed by atoms with Crippen molar-refractivity contribution in [2.75, 3.05) is 20.2 Å². The van der Waals surface area contributed by atoms with E-state index < -0.39 is 0 Å². The summed E-state index contributed by atoms with van der Waals surface area (Å²) in [6, 6.07) is 13.4. The summed E-state index contributed by atoms with van der Waals surface area (Å²) < 4.78 is 6.14. The van der Waals surface area contributed by atoms with E-state index in [0.29, 0.717) is 11.3 Å². The molecule has 2 aromatic rings. The number of phenols is 1. The molecule has 7 heteroatoms. The third kappa shape index (κ3) is 5.33. The van der Waals surface area contributed by atoms with Gasteiger partial charge in [-0.05, 0) is 55.8 Å². The van der Waals surface area contributed by atoms with Gasteiger partial charge in [-0.2, -0.15) is 5.10 Å². The normalized spacial score (nSPS) is 15.6. The maximum absolute atomic E-state index is 12.4.